The Hall–Kier alpha value is -2.00. The van der Waals surface area contributed by atoms with Crippen LogP contribution in [-0.4, -0.2) is 41.6 Å². The molecule has 1 heterocycles. The molecule has 1 atom stereocenters. The van der Waals surface area contributed by atoms with Crippen molar-refractivity contribution in [3.8, 4) is 0 Å². The monoisotopic (exact) mass is 274 g/mol. The van der Waals surface area contributed by atoms with Gasteiger partial charge in [-0.2, -0.15) is 4.72 Å². The molecule has 1 aromatic heterocycles. The second-order valence-corrected chi connectivity index (χ2v) is 5.01. The molecule has 0 saturated heterocycles. The number of carboxylic acid groups (broad SMARTS) is 2. The number of nitrogens with zero attached hydrogens (tertiary/aromatic N) is 1. The summed E-state index contributed by atoms with van der Waals surface area (Å²) in [6.45, 7) is 0. The number of rotatable bonds is 6. The number of sulfonamides is 1. The van der Waals surface area contributed by atoms with Gasteiger partial charge in [0.25, 0.3) is 0 Å². The van der Waals surface area contributed by atoms with Crippen molar-refractivity contribution in [2.24, 2.45) is 0 Å². The Kier molecular flexibility index (Phi) is 4.34. The molecule has 1 unspecified atom stereocenters. The average Bonchev–Trinajstić information content (AvgIpc) is 2.28. The van der Waals surface area contributed by atoms with E-state index in [2.05, 4.69) is 4.98 Å². The first-order chi connectivity index (χ1) is 8.33. The molecule has 0 saturated carbocycles. The zero-order chi connectivity index (χ0) is 13.8. The Morgan fingerprint density at radius 2 is 2.06 bits per heavy atom. The van der Waals surface area contributed by atoms with E-state index in [1.165, 1.54) is 18.3 Å². The molecule has 98 valence electrons. The first-order valence-corrected chi connectivity index (χ1v) is 6.18. The topological polar surface area (TPSA) is 134 Å². The minimum absolute atomic E-state index is 0.235. The van der Waals surface area contributed by atoms with Crippen LogP contribution in [0.1, 0.15) is 6.42 Å². The number of hydrogen-bond acceptors (Lipinski definition) is 5. The number of aliphatic carboxylic acids is 2. The summed E-state index contributed by atoms with van der Waals surface area (Å²) in [6, 6.07) is 0.851. The van der Waals surface area contributed by atoms with Gasteiger partial charge in [0.1, 0.15) is 10.9 Å². The molecular formula is C9H10N2O6S. The summed E-state index contributed by atoms with van der Waals surface area (Å²) in [5, 5.41) is 17.2. The zero-order valence-corrected chi connectivity index (χ0v) is 9.79. The Balaban J connectivity index is 2.93. The van der Waals surface area contributed by atoms with Crippen molar-refractivity contribution in [2.45, 2.75) is 17.4 Å². The molecule has 3 N–H and O–H groups in total. The van der Waals surface area contributed by atoms with E-state index >= 15 is 0 Å². The minimum Gasteiger partial charge on any atom is -0.481 e. The highest BCUT2D eigenvalue weighted by atomic mass is 32.2. The Bertz CT molecular complexity index is 541. The molecule has 0 aliphatic rings. The molecule has 0 bridgehead atoms. The fraction of sp³-hybridized carbons (Fsp3) is 0.222. The molecule has 8 nitrogen and oxygen atoms in total. The third kappa shape index (κ3) is 3.79. The number of carboxylic acids is 2. The van der Waals surface area contributed by atoms with Gasteiger partial charge in [-0.15, -0.1) is 0 Å². The van der Waals surface area contributed by atoms with E-state index < -0.39 is 34.4 Å². The largest absolute Gasteiger partial charge is 0.481 e. The first-order valence-electron chi connectivity index (χ1n) is 4.70. The molecule has 0 radical (unpaired) electrons. The molecule has 0 aliphatic heterocycles. The van der Waals surface area contributed by atoms with Crippen LogP contribution in [0.25, 0.3) is 0 Å². The van der Waals surface area contributed by atoms with Crippen LogP contribution in [0.15, 0.2) is 29.4 Å². The average molecular weight is 274 g/mol. The highest BCUT2D eigenvalue weighted by Crippen LogP contribution is 2.07. The molecule has 1 aromatic rings. The van der Waals surface area contributed by atoms with Crippen LogP contribution in [0.2, 0.25) is 0 Å². The lowest BCUT2D eigenvalue weighted by Gasteiger charge is -2.12. The fourth-order valence-electron chi connectivity index (χ4n) is 1.12. The third-order valence-corrected chi connectivity index (χ3v) is 3.38. The van der Waals surface area contributed by atoms with E-state index in [0.29, 0.717) is 0 Å². The third-order valence-electron chi connectivity index (χ3n) is 1.92. The molecule has 0 aliphatic carbocycles. The number of hydrogen-bond donors (Lipinski definition) is 3. The van der Waals surface area contributed by atoms with Gasteiger partial charge in [0.05, 0.1) is 6.42 Å². The summed E-state index contributed by atoms with van der Waals surface area (Å²) in [7, 11) is -4.11. The predicted octanol–water partition coefficient (Wildman–Crippen LogP) is -0.712. The van der Waals surface area contributed by atoms with E-state index in [1.54, 1.807) is 4.72 Å². The van der Waals surface area contributed by atoms with Crippen molar-refractivity contribution >= 4 is 22.0 Å². The van der Waals surface area contributed by atoms with Crippen molar-refractivity contribution in [1.29, 1.82) is 0 Å². The number of aromatic nitrogens is 1. The highest BCUT2D eigenvalue weighted by molar-refractivity contribution is 7.89. The van der Waals surface area contributed by atoms with E-state index in [4.69, 9.17) is 10.2 Å². The van der Waals surface area contributed by atoms with Crippen molar-refractivity contribution in [2.75, 3.05) is 0 Å². The normalized spacial score (nSPS) is 12.9. The van der Waals surface area contributed by atoms with Crippen LogP contribution < -0.4 is 4.72 Å². The molecule has 18 heavy (non-hydrogen) atoms. The molecule has 0 spiro atoms. The Morgan fingerprint density at radius 3 is 2.50 bits per heavy atom. The fourth-order valence-corrected chi connectivity index (χ4v) is 2.27. The second-order valence-electron chi connectivity index (χ2n) is 3.30. The van der Waals surface area contributed by atoms with E-state index in [1.807, 2.05) is 0 Å². The van der Waals surface area contributed by atoms with Crippen LogP contribution in [0.4, 0.5) is 0 Å². The van der Waals surface area contributed by atoms with Gasteiger partial charge in [-0.3, -0.25) is 14.6 Å². The maximum Gasteiger partial charge on any atom is 0.322 e. The van der Waals surface area contributed by atoms with Crippen molar-refractivity contribution < 1.29 is 28.2 Å². The van der Waals surface area contributed by atoms with Gasteiger partial charge >= 0.3 is 11.9 Å². The van der Waals surface area contributed by atoms with Gasteiger partial charge in [-0.1, -0.05) is 0 Å². The van der Waals surface area contributed by atoms with Gasteiger partial charge < -0.3 is 10.2 Å². The van der Waals surface area contributed by atoms with Gasteiger partial charge in [-0.25, -0.2) is 8.42 Å². The second kappa shape index (κ2) is 5.56. The summed E-state index contributed by atoms with van der Waals surface area (Å²) >= 11 is 0. The van der Waals surface area contributed by atoms with Crippen LogP contribution in [0.5, 0.6) is 0 Å². The van der Waals surface area contributed by atoms with Crippen molar-refractivity contribution in [3.05, 3.63) is 24.5 Å². The van der Waals surface area contributed by atoms with Gasteiger partial charge in [0.15, 0.2) is 0 Å². The summed E-state index contributed by atoms with van der Waals surface area (Å²) < 4.78 is 25.2. The minimum atomic E-state index is -4.11. The molecular weight excluding hydrogens is 264 g/mol. The lowest BCUT2D eigenvalue weighted by molar-refractivity contribution is -0.145. The zero-order valence-electron chi connectivity index (χ0n) is 8.98. The smallest absolute Gasteiger partial charge is 0.322 e. The van der Waals surface area contributed by atoms with Crippen LogP contribution >= 0.6 is 0 Å². The molecule has 0 fully saturated rings. The van der Waals surface area contributed by atoms with Crippen molar-refractivity contribution in [1.82, 2.24) is 9.71 Å². The van der Waals surface area contributed by atoms with Crippen molar-refractivity contribution in [3.63, 3.8) is 0 Å². The maximum atomic E-state index is 11.7. The predicted molar refractivity (Wildman–Crippen MR) is 58.2 cm³/mol. The summed E-state index contributed by atoms with van der Waals surface area (Å²) in [4.78, 5) is 24.5. The summed E-state index contributed by atoms with van der Waals surface area (Å²) in [6.07, 6.45) is 1.53. The van der Waals surface area contributed by atoms with Crippen LogP contribution in [0, 0.1) is 0 Å². The number of nitrogens with one attached hydrogen (secondary N) is 1. The molecule has 9 heteroatoms. The summed E-state index contributed by atoms with van der Waals surface area (Å²) in [5.74, 6) is -2.99. The Morgan fingerprint density at radius 1 is 1.39 bits per heavy atom. The van der Waals surface area contributed by atoms with E-state index in [0.717, 1.165) is 6.20 Å². The van der Waals surface area contributed by atoms with Gasteiger partial charge in [-0.05, 0) is 12.1 Å². The molecule has 1 rings (SSSR count). The lowest BCUT2D eigenvalue weighted by Crippen LogP contribution is -2.42. The summed E-state index contributed by atoms with van der Waals surface area (Å²) in [5.41, 5.74) is 0. The van der Waals surface area contributed by atoms with Gasteiger partial charge in [0.2, 0.25) is 10.0 Å². The SMILES string of the molecule is O=C(O)CC(NS(=O)(=O)c1cccnc1)C(=O)O. The number of carbonyl (C=O) groups is 2. The first kappa shape index (κ1) is 14.1. The van der Waals surface area contributed by atoms with E-state index in [-0.39, 0.29) is 4.90 Å². The quantitative estimate of drug-likeness (QED) is 0.623. The Labute approximate surface area is 102 Å². The lowest BCUT2D eigenvalue weighted by atomic mass is 10.2. The maximum absolute atomic E-state index is 11.7. The molecule has 0 aromatic carbocycles. The van der Waals surface area contributed by atoms with Crippen LogP contribution in [0.3, 0.4) is 0 Å². The standard InChI is InChI=1S/C9H10N2O6S/c12-8(13)4-7(9(14)15)11-18(16,17)6-2-1-3-10-5-6/h1-3,5,7,11H,4H2,(H,12,13)(H,14,15). The van der Waals surface area contributed by atoms with Gasteiger partial charge in [0, 0.05) is 12.4 Å². The van der Waals surface area contributed by atoms with E-state index in [9.17, 15) is 18.0 Å². The van der Waals surface area contributed by atoms with Crippen LogP contribution in [-0.2, 0) is 19.6 Å². The molecule has 0 amide bonds. The highest BCUT2D eigenvalue weighted by Gasteiger charge is 2.27. The number of pyridine rings is 1.